The third-order valence-electron chi connectivity index (χ3n) is 3.08. The van der Waals surface area contributed by atoms with E-state index in [0.717, 1.165) is 15.5 Å². The number of phosphoric ester groups is 1. The Labute approximate surface area is 122 Å². The van der Waals surface area contributed by atoms with Crippen LogP contribution in [0.2, 0.25) is 0 Å². The lowest BCUT2D eigenvalue weighted by Gasteiger charge is -2.14. The van der Waals surface area contributed by atoms with Crippen molar-refractivity contribution in [2.24, 2.45) is 7.05 Å². The highest BCUT2D eigenvalue weighted by Gasteiger charge is 2.47. The summed E-state index contributed by atoms with van der Waals surface area (Å²) in [6.45, 7) is -0.691. The first-order valence-electron chi connectivity index (χ1n) is 6.03. The molecule has 1 aromatic rings. The summed E-state index contributed by atoms with van der Waals surface area (Å²) < 4.78 is 21.9. The van der Waals surface area contributed by atoms with Crippen molar-refractivity contribution < 1.29 is 38.4 Å². The van der Waals surface area contributed by atoms with Gasteiger partial charge in [-0.3, -0.25) is 4.52 Å². The van der Waals surface area contributed by atoms with Gasteiger partial charge in [-0.05, 0) is 0 Å². The minimum absolute atomic E-state index is 0.685. The summed E-state index contributed by atoms with van der Waals surface area (Å²) in [4.78, 5) is 42.2. The van der Waals surface area contributed by atoms with Gasteiger partial charge < -0.3 is 24.7 Å². The molecule has 0 aliphatic carbocycles. The zero-order chi connectivity index (χ0) is 16.7. The first-order valence-corrected chi connectivity index (χ1v) is 7.56. The Bertz CT molecular complexity index is 709. The van der Waals surface area contributed by atoms with Crippen molar-refractivity contribution in [3.63, 3.8) is 0 Å². The first kappa shape index (κ1) is 17.0. The quantitative estimate of drug-likeness (QED) is 0.271. The van der Waals surface area contributed by atoms with Crippen LogP contribution in [-0.2, 0) is 20.9 Å². The van der Waals surface area contributed by atoms with E-state index in [2.05, 4.69) is 4.52 Å². The maximum Gasteiger partial charge on any atom is 0.469 e. The highest BCUT2D eigenvalue weighted by atomic mass is 31.2. The molecule has 0 saturated carbocycles. The third-order valence-corrected chi connectivity index (χ3v) is 3.57. The number of rotatable bonds is 4. The van der Waals surface area contributed by atoms with E-state index in [1.54, 1.807) is 0 Å². The number of hydrogen-bond acceptors (Lipinski definition) is 7. The molecule has 1 aliphatic rings. The monoisotopic (exact) mass is 340 g/mol. The summed E-state index contributed by atoms with van der Waals surface area (Å²) >= 11 is 0. The standard InChI is InChI=1S/C9H14N3O9P/c1-11-3-12(9(16)10-8(11)15)7-6(14)5(13)4(21-7)2-20-22(17,18)19/h3-7,13-14H,2H2,1H3,(H2-,10,15,16,17,18,19)/p+1/t4-,5-,6-,7-/m1/s1. The van der Waals surface area contributed by atoms with Crippen LogP contribution in [0.1, 0.15) is 6.23 Å². The molecule has 2 heterocycles. The van der Waals surface area contributed by atoms with Crippen molar-refractivity contribution in [2.75, 3.05) is 6.61 Å². The van der Waals surface area contributed by atoms with Crippen molar-refractivity contribution in [3.05, 3.63) is 27.3 Å². The van der Waals surface area contributed by atoms with Gasteiger partial charge in [-0.1, -0.05) is 0 Å². The topological polar surface area (TPSA) is 175 Å². The minimum atomic E-state index is -4.77. The normalized spacial score (nSPS) is 29.0. The smallest absolute Gasteiger partial charge is 0.387 e. The molecule has 0 aromatic carbocycles. The second-order valence-corrected chi connectivity index (χ2v) is 5.94. The van der Waals surface area contributed by atoms with Crippen LogP contribution >= 0.6 is 7.82 Å². The van der Waals surface area contributed by atoms with E-state index < -0.39 is 50.3 Å². The number of aromatic nitrogens is 3. The van der Waals surface area contributed by atoms with E-state index in [1.807, 2.05) is 4.98 Å². The second kappa shape index (κ2) is 6.01. The molecule has 1 aromatic heterocycles. The zero-order valence-corrected chi connectivity index (χ0v) is 12.2. The van der Waals surface area contributed by atoms with E-state index in [9.17, 15) is 24.4 Å². The molecular weight excluding hydrogens is 325 g/mol. The van der Waals surface area contributed by atoms with E-state index in [-0.39, 0.29) is 0 Å². The second-order valence-electron chi connectivity index (χ2n) is 4.70. The van der Waals surface area contributed by atoms with E-state index in [1.165, 1.54) is 7.05 Å². The van der Waals surface area contributed by atoms with Crippen LogP contribution < -0.4 is 15.9 Å². The SMILES string of the molecule is C[n+]1cn([C@@H]2O[C@H](COP(=O)(O)O)[C@@H](O)[C@H]2O)c(=O)[nH]c1=O. The maximum absolute atomic E-state index is 11.7. The van der Waals surface area contributed by atoms with Crippen LogP contribution in [0.5, 0.6) is 0 Å². The number of aliphatic hydroxyl groups is 2. The molecule has 0 amide bonds. The van der Waals surface area contributed by atoms with Gasteiger partial charge in [0.2, 0.25) is 12.6 Å². The van der Waals surface area contributed by atoms with Crippen LogP contribution in [0.4, 0.5) is 0 Å². The predicted octanol–water partition coefficient (Wildman–Crippen LogP) is -3.91. The molecule has 12 nitrogen and oxygen atoms in total. The molecule has 0 spiro atoms. The molecule has 124 valence electrons. The number of ether oxygens (including phenoxy) is 1. The van der Waals surface area contributed by atoms with Gasteiger partial charge in [0.05, 0.1) is 13.7 Å². The first-order chi connectivity index (χ1) is 10.1. The Morgan fingerprint density at radius 3 is 2.64 bits per heavy atom. The number of nitrogens with zero attached hydrogens (tertiary/aromatic N) is 2. The third kappa shape index (κ3) is 3.50. The van der Waals surface area contributed by atoms with Gasteiger partial charge in [0.25, 0.3) is 0 Å². The number of aliphatic hydroxyl groups excluding tert-OH is 2. The fraction of sp³-hybridized carbons (Fsp3) is 0.667. The Balaban J connectivity index is 2.23. The summed E-state index contributed by atoms with van der Waals surface area (Å²) in [5.41, 5.74) is -1.56. The number of aryl methyl sites for hydroxylation is 1. The molecule has 2 rings (SSSR count). The largest absolute Gasteiger partial charge is 0.469 e. The Morgan fingerprint density at radius 1 is 1.41 bits per heavy atom. The van der Waals surface area contributed by atoms with Crippen molar-refractivity contribution in [1.82, 2.24) is 9.55 Å². The molecule has 0 radical (unpaired) electrons. The van der Waals surface area contributed by atoms with Gasteiger partial charge in [-0.15, -0.1) is 0 Å². The lowest BCUT2D eigenvalue weighted by Crippen LogP contribution is -2.54. The lowest BCUT2D eigenvalue weighted by molar-refractivity contribution is -0.694. The van der Waals surface area contributed by atoms with E-state index in [0.29, 0.717) is 0 Å². The van der Waals surface area contributed by atoms with Gasteiger partial charge in [-0.25, -0.2) is 18.7 Å². The molecule has 22 heavy (non-hydrogen) atoms. The van der Waals surface area contributed by atoms with Crippen molar-refractivity contribution in [1.29, 1.82) is 0 Å². The molecule has 0 bridgehead atoms. The van der Waals surface area contributed by atoms with Gasteiger partial charge in [-0.2, -0.15) is 9.55 Å². The maximum atomic E-state index is 11.7. The van der Waals surface area contributed by atoms with Crippen LogP contribution in [0.15, 0.2) is 15.9 Å². The zero-order valence-electron chi connectivity index (χ0n) is 11.3. The number of nitrogens with one attached hydrogen (secondary N) is 1. The van der Waals surface area contributed by atoms with Crippen LogP contribution in [0.25, 0.3) is 0 Å². The number of hydrogen-bond donors (Lipinski definition) is 5. The van der Waals surface area contributed by atoms with Crippen molar-refractivity contribution >= 4 is 7.82 Å². The number of aromatic amines is 1. The van der Waals surface area contributed by atoms with E-state index in [4.69, 9.17) is 14.5 Å². The van der Waals surface area contributed by atoms with Crippen LogP contribution in [0, 0.1) is 0 Å². The Morgan fingerprint density at radius 2 is 2.05 bits per heavy atom. The number of H-pyrrole nitrogens is 1. The molecule has 4 atom stereocenters. The Kier molecular flexibility index (Phi) is 4.63. The summed E-state index contributed by atoms with van der Waals surface area (Å²) in [5, 5.41) is 19.7. The Hall–Kier alpha value is -1.40. The average molecular weight is 340 g/mol. The van der Waals surface area contributed by atoms with Gasteiger partial charge in [0.1, 0.15) is 18.3 Å². The summed E-state index contributed by atoms with van der Waals surface area (Å²) in [6.07, 6.45) is -4.66. The van der Waals surface area contributed by atoms with Crippen molar-refractivity contribution in [3.8, 4) is 0 Å². The van der Waals surface area contributed by atoms with Crippen molar-refractivity contribution in [2.45, 2.75) is 24.5 Å². The predicted molar refractivity (Wildman–Crippen MR) is 66.4 cm³/mol. The molecule has 13 heteroatoms. The van der Waals surface area contributed by atoms with Gasteiger partial charge >= 0.3 is 19.2 Å². The van der Waals surface area contributed by atoms with Gasteiger partial charge in [0, 0.05) is 0 Å². The summed E-state index contributed by atoms with van der Waals surface area (Å²) in [5.74, 6) is 0. The molecule has 1 saturated heterocycles. The van der Waals surface area contributed by atoms with Crippen LogP contribution in [0.3, 0.4) is 0 Å². The van der Waals surface area contributed by atoms with Crippen LogP contribution in [-0.4, -0.2) is 54.5 Å². The fourth-order valence-corrected chi connectivity index (χ4v) is 2.33. The van der Waals surface area contributed by atoms with E-state index >= 15 is 0 Å². The molecular formula is C9H15N3O9P+. The average Bonchev–Trinajstić information content (AvgIpc) is 2.68. The molecule has 0 unspecified atom stereocenters. The highest BCUT2D eigenvalue weighted by molar-refractivity contribution is 7.46. The molecule has 1 fully saturated rings. The minimum Gasteiger partial charge on any atom is -0.387 e. The molecule has 5 N–H and O–H groups in total. The summed E-state index contributed by atoms with van der Waals surface area (Å²) in [6, 6.07) is 0. The summed E-state index contributed by atoms with van der Waals surface area (Å²) in [7, 11) is -3.42. The lowest BCUT2D eigenvalue weighted by atomic mass is 10.1. The molecule has 1 aliphatic heterocycles. The number of phosphoric acid groups is 1. The van der Waals surface area contributed by atoms with Gasteiger partial charge in [0.15, 0.2) is 0 Å². The highest BCUT2D eigenvalue weighted by Crippen LogP contribution is 2.38. The fourth-order valence-electron chi connectivity index (χ4n) is 1.98.